The highest BCUT2D eigenvalue weighted by Crippen LogP contribution is 2.10. The van der Waals surface area contributed by atoms with Crippen LogP contribution in [0.2, 0.25) is 0 Å². The van der Waals surface area contributed by atoms with Gasteiger partial charge in [-0.25, -0.2) is 9.97 Å². The summed E-state index contributed by atoms with van der Waals surface area (Å²) in [5.41, 5.74) is 2.14. The number of nitrogens with zero attached hydrogens (tertiary/aromatic N) is 4. The second-order valence-corrected chi connectivity index (χ2v) is 6.53. The van der Waals surface area contributed by atoms with Gasteiger partial charge in [-0.2, -0.15) is 0 Å². The number of nitrogens with one attached hydrogen (secondary N) is 1. The second-order valence-electron chi connectivity index (χ2n) is 5.47. The van der Waals surface area contributed by atoms with Crippen LogP contribution in [0.4, 0.5) is 0 Å². The van der Waals surface area contributed by atoms with Crippen molar-refractivity contribution >= 4 is 41.3 Å². The smallest absolute Gasteiger partial charge is 0.213 e. The molecule has 0 unspecified atom stereocenters. The van der Waals surface area contributed by atoms with E-state index in [-0.39, 0.29) is 24.0 Å². The summed E-state index contributed by atoms with van der Waals surface area (Å²) in [6.45, 7) is 6.17. The SMILES string of the molecule is CCCOc1ccc(CNC(=NC)N(C)Cc2csc(C)n2)cn1.I. The Morgan fingerprint density at radius 3 is 2.76 bits per heavy atom. The average molecular weight is 475 g/mol. The summed E-state index contributed by atoms with van der Waals surface area (Å²) >= 11 is 1.66. The Morgan fingerprint density at radius 1 is 1.40 bits per heavy atom. The van der Waals surface area contributed by atoms with E-state index in [2.05, 4.69) is 37.5 Å². The Bertz CT molecular complexity index is 659. The van der Waals surface area contributed by atoms with Crippen molar-refractivity contribution in [2.45, 2.75) is 33.4 Å². The molecule has 0 bridgehead atoms. The number of hydrogen-bond donors (Lipinski definition) is 1. The van der Waals surface area contributed by atoms with Crippen LogP contribution in [0, 0.1) is 6.92 Å². The highest BCUT2D eigenvalue weighted by Gasteiger charge is 2.08. The zero-order chi connectivity index (χ0) is 17.4. The molecule has 0 amide bonds. The summed E-state index contributed by atoms with van der Waals surface area (Å²) in [5, 5.41) is 6.51. The van der Waals surface area contributed by atoms with Gasteiger partial charge in [-0.05, 0) is 18.9 Å². The lowest BCUT2D eigenvalue weighted by molar-refractivity contribution is 0.305. The summed E-state index contributed by atoms with van der Waals surface area (Å²) < 4.78 is 5.49. The summed E-state index contributed by atoms with van der Waals surface area (Å²) in [6.07, 6.45) is 2.81. The van der Waals surface area contributed by atoms with E-state index >= 15 is 0 Å². The first-order valence-electron chi connectivity index (χ1n) is 8.03. The van der Waals surface area contributed by atoms with Gasteiger partial charge in [0.25, 0.3) is 0 Å². The Morgan fingerprint density at radius 2 is 2.20 bits per heavy atom. The third kappa shape index (κ3) is 7.15. The molecule has 0 aliphatic carbocycles. The van der Waals surface area contributed by atoms with Crippen molar-refractivity contribution in [3.63, 3.8) is 0 Å². The van der Waals surface area contributed by atoms with Crippen LogP contribution in [0.5, 0.6) is 5.88 Å². The van der Waals surface area contributed by atoms with Crippen LogP contribution in [0.3, 0.4) is 0 Å². The summed E-state index contributed by atoms with van der Waals surface area (Å²) in [7, 11) is 3.79. The van der Waals surface area contributed by atoms with Gasteiger partial charge in [-0.1, -0.05) is 13.0 Å². The molecule has 0 aliphatic rings. The first-order valence-corrected chi connectivity index (χ1v) is 8.90. The van der Waals surface area contributed by atoms with E-state index in [0.717, 1.165) is 35.2 Å². The zero-order valence-electron chi connectivity index (χ0n) is 15.2. The summed E-state index contributed by atoms with van der Waals surface area (Å²) in [6, 6.07) is 3.92. The molecule has 0 aromatic carbocycles. The molecule has 0 atom stereocenters. The lowest BCUT2D eigenvalue weighted by Crippen LogP contribution is -2.38. The van der Waals surface area contributed by atoms with Crippen LogP contribution < -0.4 is 10.1 Å². The van der Waals surface area contributed by atoms with Gasteiger partial charge in [0, 0.05) is 38.3 Å². The van der Waals surface area contributed by atoms with Crippen molar-refractivity contribution in [2.24, 2.45) is 4.99 Å². The van der Waals surface area contributed by atoms with E-state index in [9.17, 15) is 0 Å². The maximum absolute atomic E-state index is 5.49. The van der Waals surface area contributed by atoms with E-state index in [1.165, 1.54) is 0 Å². The van der Waals surface area contributed by atoms with E-state index in [1.54, 1.807) is 18.4 Å². The fourth-order valence-corrected chi connectivity index (χ4v) is 2.78. The fourth-order valence-electron chi connectivity index (χ4n) is 2.17. The quantitative estimate of drug-likeness (QED) is 0.378. The predicted octanol–water partition coefficient (Wildman–Crippen LogP) is 3.46. The Balaban J connectivity index is 0.00000312. The molecule has 0 aliphatic heterocycles. The van der Waals surface area contributed by atoms with Gasteiger partial charge in [-0.3, -0.25) is 4.99 Å². The average Bonchev–Trinajstić information content (AvgIpc) is 2.99. The number of aromatic nitrogens is 2. The maximum Gasteiger partial charge on any atom is 0.213 e. The Hall–Kier alpha value is -1.42. The van der Waals surface area contributed by atoms with Crippen LogP contribution in [0.1, 0.15) is 29.6 Å². The van der Waals surface area contributed by atoms with Crippen LogP contribution >= 0.6 is 35.3 Å². The lowest BCUT2D eigenvalue weighted by atomic mass is 10.3. The van der Waals surface area contributed by atoms with Crippen LogP contribution in [0.25, 0.3) is 0 Å². The molecule has 8 heteroatoms. The van der Waals surface area contributed by atoms with Crippen molar-refractivity contribution in [3.8, 4) is 5.88 Å². The molecule has 0 radical (unpaired) electrons. The molecule has 138 valence electrons. The highest BCUT2D eigenvalue weighted by molar-refractivity contribution is 14.0. The van der Waals surface area contributed by atoms with Crippen molar-refractivity contribution in [1.29, 1.82) is 0 Å². The van der Waals surface area contributed by atoms with Gasteiger partial charge in [-0.15, -0.1) is 35.3 Å². The van der Waals surface area contributed by atoms with Gasteiger partial charge >= 0.3 is 0 Å². The Labute approximate surface area is 170 Å². The third-order valence-corrected chi connectivity index (χ3v) is 4.16. The number of thiazole rings is 1. The van der Waals surface area contributed by atoms with Gasteiger partial charge in [0.2, 0.25) is 5.88 Å². The van der Waals surface area contributed by atoms with Crippen LogP contribution in [-0.2, 0) is 13.1 Å². The fraction of sp³-hybridized carbons (Fsp3) is 0.471. The number of guanidine groups is 1. The lowest BCUT2D eigenvalue weighted by Gasteiger charge is -2.21. The minimum atomic E-state index is 0. The number of aliphatic imine (C=N–C) groups is 1. The number of pyridine rings is 1. The standard InChI is InChI=1S/C17H25N5OS.HI/c1-5-8-23-16-7-6-14(9-19-16)10-20-17(18-3)22(4)11-15-12-24-13(2)21-15;/h6-7,9,12H,5,8,10-11H2,1-4H3,(H,18,20);1H. The van der Waals surface area contributed by atoms with Crippen LogP contribution in [-0.4, -0.2) is 41.5 Å². The molecule has 0 saturated heterocycles. The van der Waals surface area contributed by atoms with Gasteiger partial charge in [0.15, 0.2) is 5.96 Å². The van der Waals surface area contributed by atoms with Crippen molar-refractivity contribution in [3.05, 3.63) is 40.0 Å². The number of aryl methyl sites for hydroxylation is 1. The van der Waals surface area contributed by atoms with Gasteiger partial charge < -0.3 is 15.0 Å². The minimum absolute atomic E-state index is 0. The normalized spacial score (nSPS) is 11.0. The van der Waals surface area contributed by atoms with E-state index in [4.69, 9.17) is 4.74 Å². The summed E-state index contributed by atoms with van der Waals surface area (Å²) in [5.74, 6) is 1.49. The topological polar surface area (TPSA) is 62.6 Å². The van der Waals surface area contributed by atoms with E-state index in [1.807, 2.05) is 32.3 Å². The largest absolute Gasteiger partial charge is 0.478 e. The Kier molecular flexibility index (Phi) is 9.73. The predicted molar refractivity (Wildman–Crippen MR) is 114 cm³/mol. The zero-order valence-corrected chi connectivity index (χ0v) is 18.3. The van der Waals surface area contributed by atoms with Gasteiger partial charge in [0.1, 0.15) is 0 Å². The first-order chi connectivity index (χ1) is 11.6. The number of rotatable bonds is 7. The molecule has 0 fully saturated rings. The molecule has 2 rings (SSSR count). The first kappa shape index (κ1) is 21.6. The van der Waals surface area contributed by atoms with E-state index < -0.39 is 0 Å². The van der Waals surface area contributed by atoms with Crippen molar-refractivity contribution in [2.75, 3.05) is 20.7 Å². The molecule has 25 heavy (non-hydrogen) atoms. The molecular weight excluding hydrogens is 449 g/mol. The molecule has 6 nitrogen and oxygen atoms in total. The van der Waals surface area contributed by atoms with Crippen molar-refractivity contribution in [1.82, 2.24) is 20.2 Å². The van der Waals surface area contributed by atoms with Gasteiger partial charge in [0.05, 0.1) is 23.9 Å². The number of hydrogen-bond acceptors (Lipinski definition) is 5. The van der Waals surface area contributed by atoms with Crippen molar-refractivity contribution < 1.29 is 4.74 Å². The molecule has 0 saturated carbocycles. The molecular formula is C17H26IN5OS. The molecule has 2 aromatic rings. The molecule has 0 spiro atoms. The number of ether oxygens (including phenoxy) is 1. The molecule has 1 N–H and O–H groups in total. The van der Waals surface area contributed by atoms with E-state index in [0.29, 0.717) is 19.0 Å². The number of halogens is 1. The summed E-state index contributed by atoms with van der Waals surface area (Å²) in [4.78, 5) is 15.2. The monoisotopic (exact) mass is 475 g/mol. The minimum Gasteiger partial charge on any atom is -0.478 e. The molecule has 2 heterocycles. The third-order valence-electron chi connectivity index (χ3n) is 3.34. The van der Waals surface area contributed by atoms with Crippen LogP contribution in [0.15, 0.2) is 28.7 Å². The molecule has 2 aromatic heterocycles. The second kappa shape index (κ2) is 11.2. The highest BCUT2D eigenvalue weighted by atomic mass is 127. The maximum atomic E-state index is 5.49.